The summed E-state index contributed by atoms with van der Waals surface area (Å²) in [6.07, 6.45) is 4.54. The van der Waals surface area contributed by atoms with Crippen molar-refractivity contribution in [2.45, 2.75) is 45.4 Å². The monoisotopic (exact) mass is 378 g/mol. The summed E-state index contributed by atoms with van der Waals surface area (Å²) in [5.41, 5.74) is 2.64. The molecule has 4 heterocycles. The van der Waals surface area contributed by atoms with Gasteiger partial charge in [-0.3, -0.25) is 9.69 Å². The average molecular weight is 378 g/mol. The third-order valence-electron chi connectivity index (χ3n) is 6.24. The Morgan fingerprint density at radius 2 is 2.04 bits per heavy atom. The fraction of sp³-hybridized carbons (Fsp3) is 0.476. The quantitative estimate of drug-likeness (QED) is 0.703. The van der Waals surface area contributed by atoms with Crippen LogP contribution in [0, 0.1) is 0 Å². The zero-order chi connectivity index (χ0) is 19.3. The fourth-order valence-electron chi connectivity index (χ4n) is 4.77. The van der Waals surface area contributed by atoms with Gasteiger partial charge in [0.2, 0.25) is 5.91 Å². The molecule has 2 aliphatic rings. The largest absolute Gasteiger partial charge is 0.350 e. The molecule has 1 saturated heterocycles. The summed E-state index contributed by atoms with van der Waals surface area (Å²) < 4.78 is 4.45. The van der Waals surface area contributed by atoms with Crippen LogP contribution in [0.25, 0.3) is 10.9 Å². The SMILES string of the molecule is CC(=O)N1CCn2c(nnc2[C@H]2CCCN2Cc2cn(C)c3ccccc23)C1. The maximum absolute atomic E-state index is 11.7. The van der Waals surface area contributed by atoms with Gasteiger partial charge >= 0.3 is 0 Å². The number of hydrogen-bond donors (Lipinski definition) is 0. The van der Waals surface area contributed by atoms with Crippen LogP contribution in [0.2, 0.25) is 0 Å². The third kappa shape index (κ3) is 2.81. The van der Waals surface area contributed by atoms with E-state index >= 15 is 0 Å². The van der Waals surface area contributed by atoms with Gasteiger partial charge in [-0.25, -0.2) is 0 Å². The van der Waals surface area contributed by atoms with Gasteiger partial charge in [-0.15, -0.1) is 10.2 Å². The first-order valence-corrected chi connectivity index (χ1v) is 10.1. The molecule has 2 aromatic heterocycles. The number of benzene rings is 1. The first-order valence-electron chi connectivity index (χ1n) is 10.1. The van der Waals surface area contributed by atoms with E-state index in [4.69, 9.17) is 0 Å². The van der Waals surface area contributed by atoms with Crippen LogP contribution in [0.3, 0.4) is 0 Å². The number of nitrogens with zero attached hydrogens (tertiary/aromatic N) is 6. The van der Waals surface area contributed by atoms with Crippen LogP contribution in [-0.2, 0) is 31.5 Å². The van der Waals surface area contributed by atoms with Gasteiger partial charge in [0, 0.05) is 50.7 Å². The number of aromatic nitrogens is 4. The first kappa shape index (κ1) is 17.4. The molecule has 0 N–H and O–H groups in total. The van der Waals surface area contributed by atoms with E-state index in [1.165, 1.54) is 22.9 Å². The Kier molecular flexibility index (Phi) is 4.19. The van der Waals surface area contributed by atoms with Crippen molar-refractivity contribution in [1.29, 1.82) is 0 Å². The van der Waals surface area contributed by atoms with Gasteiger partial charge in [0.05, 0.1) is 12.6 Å². The molecule has 0 bridgehead atoms. The molecular formula is C21H26N6O. The van der Waals surface area contributed by atoms with Gasteiger partial charge in [0.25, 0.3) is 0 Å². The maximum Gasteiger partial charge on any atom is 0.219 e. The zero-order valence-corrected chi connectivity index (χ0v) is 16.5. The fourth-order valence-corrected chi connectivity index (χ4v) is 4.77. The highest BCUT2D eigenvalue weighted by Gasteiger charge is 2.33. The Bertz CT molecular complexity index is 1030. The van der Waals surface area contributed by atoms with Gasteiger partial charge < -0.3 is 14.0 Å². The molecule has 2 aliphatic heterocycles. The molecule has 146 valence electrons. The molecule has 0 spiro atoms. The molecular weight excluding hydrogens is 352 g/mol. The number of carbonyl (C=O) groups is 1. The van der Waals surface area contributed by atoms with Crippen molar-refractivity contribution in [3.05, 3.63) is 47.7 Å². The molecule has 5 rings (SSSR count). The van der Waals surface area contributed by atoms with Gasteiger partial charge in [-0.1, -0.05) is 18.2 Å². The van der Waals surface area contributed by atoms with E-state index in [1.54, 1.807) is 6.92 Å². The number of likely N-dealkylation sites (tertiary alicyclic amines) is 1. The lowest BCUT2D eigenvalue weighted by molar-refractivity contribution is -0.130. The summed E-state index contributed by atoms with van der Waals surface area (Å²) in [7, 11) is 2.11. The predicted octanol–water partition coefficient (Wildman–Crippen LogP) is 2.47. The number of fused-ring (bicyclic) bond motifs is 2. The molecule has 0 unspecified atom stereocenters. The molecule has 7 nitrogen and oxygen atoms in total. The second-order valence-electron chi connectivity index (χ2n) is 7.98. The Balaban J connectivity index is 1.42. The minimum absolute atomic E-state index is 0.106. The molecule has 1 aromatic carbocycles. The Hall–Kier alpha value is -2.67. The normalized spacial score (nSPS) is 20.1. The van der Waals surface area contributed by atoms with Crippen molar-refractivity contribution in [2.24, 2.45) is 7.05 Å². The summed E-state index contributed by atoms with van der Waals surface area (Å²) in [4.78, 5) is 16.1. The molecule has 1 amide bonds. The number of para-hydroxylation sites is 1. The maximum atomic E-state index is 11.7. The van der Waals surface area contributed by atoms with E-state index < -0.39 is 0 Å². The molecule has 7 heteroatoms. The molecule has 1 fully saturated rings. The summed E-state index contributed by atoms with van der Waals surface area (Å²) in [5, 5.41) is 10.3. The summed E-state index contributed by atoms with van der Waals surface area (Å²) >= 11 is 0. The molecule has 0 radical (unpaired) electrons. The van der Waals surface area contributed by atoms with Gasteiger partial charge in [0.1, 0.15) is 0 Å². The lowest BCUT2D eigenvalue weighted by atomic mass is 10.1. The lowest BCUT2D eigenvalue weighted by Crippen LogP contribution is -2.38. The van der Waals surface area contributed by atoms with Crippen molar-refractivity contribution in [1.82, 2.24) is 29.1 Å². The Morgan fingerprint density at radius 1 is 1.18 bits per heavy atom. The van der Waals surface area contributed by atoms with Crippen LogP contribution in [0.5, 0.6) is 0 Å². The summed E-state index contributed by atoms with van der Waals surface area (Å²) in [5.74, 6) is 2.08. The van der Waals surface area contributed by atoms with Crippen LogP contribution >= 0.6 is 0 Å². The highest BCUT2D eigenvalue weighted by atomic mass is 16.2. The van der Waals surface area contributed by atoms with E-state index in [2.05, 4.69) is 61.7 Å². The van der Waals surface area contributed by atoms with Crippen molar-refractivity contribution in [2.75, 3.05) is 13.1 Å². The lowest BCUT2D eigenvalue weighted by Gasteiger charge is -2.29. The second kappa shape index (κ2) is 6.74. The molecule has 3 aromatic rings. The number of aryl methyl sites for hydroxylation is 1. The van der Waals surface area contributed by atoms with Gasteiger partial charge in [-0.2, -0.15) is 0 Å². The van der Waals surface area contributed by atoms with Crippen LogP contribution in [-0.4, -0.2) is 48.1 Å². The predicted molar refractivity (Wildman–Crippen MR) is 106 cm³/mol. The van der Waals surface area contributed by atoms with Crippen molar-refractivity contribution >= 4 is 16.8 Å². The molecule has 0 aliphatic carbocycles. The molecule has 28 heavy (non-hydrogen) atoms. The van der Waals surface area contributed by atoms with Crippen LogP contribution < -0.4 is 0 Å². The van der Waals surface area contributed by atoms with Gasteiger partial charge in [-0.05, 0) is 31.0 Å². The van der Waals surface area contributed by atoms with Crippen LogP contribution in [0.1, 0.15) is 43.0 Å². The highest BCUT2D eigenvalue weighted by Crippen LogP contribution is 2.34. The van der Waals surface area contributed by atoms with E-state index in [1.807, 2.05) is 4.90 Å². The van der Waals surface area contributed by atoms with E-state index in [9.17, 15) is 4.79 Å². The number of rotatable bonds is 3. The van der Waals surface area contributed by atoms with Crippen molar-refractivity contribution in [3.8, 4) is 0 Å². The zero-order valence-electron chi connectivity index (χ0n) is 16.5. The highest BCUT2D eigenvalue weighted by molar-refractivity contribution is 5.83. The molecule has 0 saturated carbocycles. The van der Waals surface area contributed by atoms with E-state index in [-0.39, 0.29) is 5.91 Å². The third-order valence-corrected chi connectivity index (χ3v) is 6.24. The number of carbonyl (C=O) groups excluding carboxylic acids is 1. The Morgan fingerprint density at radius 3 is 2.89 bits per heavy atom. The van der Waals surface area contributed by atoms with Crippen molar-refractivity contribution < 1.29 is 4.79 Å². The summed E-state index contributed by atoms with van der Waals surface area (Å²) in [6.45, 7) is 5.72. The van der Waals surface area contributed by atoms with E-state index in [0.29, 0.717) is 12.6 Å². The minimum Gasteiger partial charge on any atom is -0.350 e. The average Bonchev–Trinajstić information content (AvgIpc) is 3.39. The van der Waals surface area contributed by atoms with Crippen LogP contribution in [0.15, 0.2) is 30.5 Å². The number of hydrogen-bond acceptors (Lipinski definition) is 4. The number of amides is 1. The Labute approximate surface area is 164 Å². The molecule has 1 atom stereocenters. The summed E-state index contributed by atoms with van der Waals surface area (Å²) in [6, 6.07) is 8.89. The first-order chi connectivity index (χ1) is 13.6. The standard InChI is InChI=1S/C21H26N6O/c1-15(28)25-10-11-27-20(14-25)22-23-21(27)19-8-5-9-26(19)13-16-12-24(2)18-7-4-3-6-17(16)18/h3-4,6-7,12,19H,5,8-11,13-14H2,1-2H3/t19-/m1/s1. The topological polar surface area (TPSA) is 59.2 Å². The second-order valence-corrected chi connectivity index (χ2v) is 7.98. The van der Waals surface area contributed by atoms with E-state index in [0.717, 1.165) is 44.2 Å². The van der Waals surface area contributed by atoms with Crippen molar-refractivity contribution in [3.63, 3.8) is 0 Å². The minimum atomic E-state index is 0.106. The smallest absolute Gasteiger partial charge is 0.219 e. The van der Waals surface area contributed by atoms with Gasteiger partial charge in [0.15, 0.2) is 11.6 Å². The van der Waals surface area contributed by atoms with Crippen LogP contribution in [0.4, 0.5) is 0 Å².